The predicted molar refractivity (Wildman–Crippen MR) is 58.3 cm³/mol. The molecule has 0 fully saturated rings. The second-order valence-corrected chi connectivity index (χ2v) is 3.66. The molecule has 0 unspecified atom stereocenters. The van der Waals surface area contributed by atoms with Crippen LogP contribution in [-0.2, 0) is 0 Å². The lowest BCUT2D eigenvalue weighted by atomic mass is 10.2. The van der Waals surface area contributed by atoms with Crippen LogP contribution in [0.1, 0.15) is 13.8 Å². The number of nitrogens with one attached hydrogen (secondary N) is 1. The summed E-state index contributed by atoms with van der Waals surface area (Å²) < 4.78 is 13.4. The smallest absolute Gasteiger partial charge is 0.149 e. The summed E-state index contributed by atoms with van der Waals surface area (Å²) in [6.45, 7) is 4.01. The first-order valence-corrected chi connectivity index (χ1v) is 4.84. The Morgan fingerprint density at radius 1 is 1.27 bits per heavy atom. The number of aromatic nitrogens is 2. The standard InChI is InChI=1S/C11H12FN3/c1-7(2)15-11-8-4-3-5-9(12)10(8)13-6-14-11/h3-7H,1-2H3,(H,13,14,15). The van der Waals surface area contributed by atoms with Crippen molar-refractivity contribution in [1.82, 2.24) is 9.97 Å². The van der Waals surface area contributed by atoms with Gasteiger partial charge >= 0.3 is 0 Å². The zero-order chi connectivity index (χ0) is 10.8. The molecule has 2 aromatic rings. The summed E-state index contributed by atoms with van der Waals surface area (Å²) in [5, 5.41) is 3.87. The molecule has 0 amide bonds. The van der Waals surface area contributed by atoms with Crippen molar-refractivity contribution in [2.24, 2.45) is 0 Å². The van der Waals surface area contributed by atoms with Gasteiger partial charge in [-0.1, -0.05) is 6.07 Å². The molecule has 0 aliphatic rings. The average Bonchev–Trinajstić information content (AvgIpc) is 2.19. The third-order valence-corrected chi connectivity index (χ3v) is 2.04. The first-order chi connectivity index (χ1) is 7.18. The lowest BCUT2D eigenvalue weighted by Crippen LogP contribution is -2.11. The van der Waals surface area contributed by atoms with E-state index < -0.39 is 0 Å². The number of anilines is 1. The Kier molecular flexibility index (Phi) is 2.49. The molecule has 1 aromatic carbocycles. The van der Waals surface area contributed by atoms with Gasteiger partial charge in [0.25, 0.3) is 0 Å². The SMILES string of the molecule is CC(C)Nc1ncnc2c(F)cccc12. The van der Waals surface area contributed by atoms with Gasteiger partial charge in [0.1, 0.15) is 23.5 Å². The van der Waals surface area contributed by atoms with Crippen LogP contribution in [0.15, 0.2) is 24.5 Å². The first-order valence-electron chi connectivity index (χ1n) is 4.84. The van der Waals surface area contributed by atoms with Crippen molar-refractivity contribution in [2.75, 3.05) is 5.32 Å². The van der Waals surface area contributed by atoms with Gasteiger partial charge in [0.2, 0.25) is 0 Å². The Hall–Kier alpha value is -1.71. The fraction of sp³-hybridized carbons (Fsp3) is 0.273. The average molecular weight is 205 g/mol. The summed E-state index contributed by atoms with van der Waals surface area (Å²) in [4.78, 5) is 8.02. The molecule has 0 saturated carbocycles. The molecular formula is C11H12FN3. The highest BCUT2D eigenvalue weighted by atomic mass is 19.1. The van der Waals surface area contributed by atoms with Crippen LogP contribution in [-0.4, -0.2) is 16.0 Å². The fourth-order valence-corrected chi connectivity index (χ4v) is 1.44. The van der Waals surface area contributed by atoms with Crippen LogP contribution in [0.5, 0.6) is 0 Å². The summed E-state index contributed by atoms with van der Waals surface area (Å²) in [6, 6.07) is 5.12. The molecule has 1 N–H and O–H groups in total. The topological polar surface area (TPSA) is 37.8 Å². The van der Waals surface area contributed by atoms with Crippen molar-refractivity contribution >= 4 is 16.7 Å². The molecule has 0 atom stereocenters. The van der Waals surface area contributed by atoms with Crippen LogP contribution in [0.2, 0.25) is 0 Å². The Morgan fingerprint density at radius 2 is 2.07 bits per heavy atom. The second-order valence-electron chi connectivity index (χ2n) is 3.66. The van der Waals surface area contributed by atoms with Crippen LogP contribution in [0, 0.1) is 5.82 Å². The van der Waals surface area contributed by atoms with E-state index in [-0.39, 0.29) is 11.9 Å². The maximum Gasteiger partial charge on any atom is 0.149 e. The minimum atomic E-state index is -0.318. The third kappa shape index (κ3) is 1.88. The minimum absolute atomic E-state index is 0.256. The highest BCUT2D eigenvalue weighted by Crippen LogP contribution is 2.21. The molecule has 1 aromatic heterocycles. The van der Waals surface area contributed by atoms with E-state index in [4.69, 9.17) is 0 Å². The van der Waals surface area contributed by atoms with E-state index in [0.717, 1.165) is 0 Å². The minimum Gasteiger partial charge on any atom is -0.367 e. The highest BCUT2D eigenvalue weighted by Gasteiger charge is 2.07. The van der Waals surface area contributed by atoms with Gasteiger partial charge in [-0.25, -0.2) is 14.4 Å². The van der Waals surface area contributed by atoms with E-state index in [9.17, 15) is 4.39 Å². The van der Waals surface area contributed by atoms with Gasteiger partial charge in [-0.2, -0.15) is 0 Å². The van der Waals surface area contributed by atoms with Gasteiger partial charge in [0, 0.05) is 11.4 Å². The molecule has 78 valence electrons. The van der Waals surface area contributed by atoms with Crippen molar-refractivity contribution in [3.05, 3.63) is 30.3 Å². The maximum atomic E-state index is 13.4. The predicted octanol–water partition coefficient (Wildman–Crippen LogP) is 2.59. The molecule has 2 rings (SSSR count). The van der Waals surface area contributed by atoms with Crippen molar-refractivity contribution in [1.29, 1.82) is 0 Å². The zero-order valence-electron chi connectivity index (χ0n) is 8.66. The van der Waals surface area contributed by atoms with Crippen molar-refractivity contribution in [2.45, 2.75) is 19.9 Å². The zero-order valence-corrected chi connectivity index (χ0v) is 8.66. The molecule has 15 heavy (non-hydrogen) atoms. The van der Waals surface area contributed by atoms with Gasteiger partial charge in [0.15, 0.2) is 0 Å². The van der Waals surface area contributed by atoms with Crippen LogP contribution in [0.4, 0.5) is 10.2 Å². The quantitative estimate of drug-likeness (QED) is 0.818. The number of benzene rings is 1. The van der Waals surface area contributed by atoms with E-state index in [0.29, 0.717) is 16.7 Å². The van der Waals surface area contributed by atoms with Gasteiger partial charge in [-0.15, -0.1) is 0 Å². The Labute approximate surface area is 87.4 Å². The van der Waals surface area contributed by atoms with Crippen molar-refractivity contribution < 1.29 is 4.39 Å². The normalized spacial score (nSPS) is 10.9. The number of fused-ring (bicyclic) bond motifs is 1. The van der Waals surface area contributed by atoms with Gasteiger partial charge in [-0.05, 0) is 26.0 Å². The summed E-state index contributed by atoms with van der Waals surface area (Å²) in [7, 11) is 0. The molecule has 0 radical (unpaired) electrons. The van der Waals surface area contributed by atoms with E-state index in [1.807, 2.05) is 19.9 Å². The molecule has 3 nitrogen and oxygen atoms in total. The number of halogens is 1. The molecule has 0 spiro atoms. The molecule has 0 aliphatic carbocycles. The monoisotopic (exact) mass is 205 g/mol. The van der Waals surface area contributed by atoms with Gasteiger partial charge < -0.3 is 5.32 Å². The number of hydrogen-bond donors (Lipinski definition) is 1. The first kappa shape index (κ1) is 9.83. The lowest BCUT2D eigenvalue weighted by molar-refractivity contribution is 0.636. The largest absolute Gasteiger partial charge is 0.367 e. The van der Waals surface area contributed by atoms with Gasteiger partial charge in [0.05, 0.1) is 0 Å². The summed E-state index contributed by atoms with van der Waals surface area (Å²) >= 11 is 0. The molecule has 4 heteroatoms. The van der Waals surface area contributed by atoms with Crippen LogP contribution >= 0.6 is 0 Å². The Balaban J connectivity index is 2.61. The third-order valence-electron chi connectivity index (χ3n) is 2.04. The van der Waals surface area contributed by atoms with E-state index in [1.54, 1.807) is 6.07 Å². The summed E-state index contributed by atoms with van der Waals surface area (Å²) in [5.74, 6) is 0.358. The number of nitrogens with zero attached hydrogens (tertiary/aromatic N) is 2. The van der Waals surface area contributed by atoms with Crippen molar-refractivity contribution in [3.8, 4) is 0 Å². The maximum absolute atomic E-state index is 13.4. The molecule has 0 aliphatic heterocycles. The van der Waals surface area contributed by atoms with Gasteiger partial charge in [-0.3, -0.25) is 0 Å². The van der Waals surface area contributed by atoms with E-state index in [1.165, 1.54) is 12.4 Å². The summed E-state index contributed by atoms with van der Waals surface area (Å²) in [5.41, 5.74) is 0.357. The number of para-hydroxylation sites is 1. The summed E-state index contributed by atoms with van der Waals surface area (Å²) in [6.07, 6.45) is 1.37. The fourth-order valence-electron chi connectivity index (χ4n) is 1.44. The van der Waals surface area contributed by atoms with Crippen LogP contribution in [0.25, 0.3) is 10.9 Å². The van der Waals surface area contributed by atoms with Crippen LogP contribution in [0.3, 0.4) is 0 Å². The highest BCUT2D eigenvalue weighted by molar-refractivity contribution is 5.89. The number of hydrogen-bond acceptors (Lipinski definition) is 3. The Bertz CT molecular complexity index is 482. The van der Waals surface area contributed by atoms with E-state index in [2.05, 4.69) is 15.3 Å². The molecule has 0 saturated heterocycles. The lowest BCUT2D eigenvalue weighted by Gasteiger charge is -2.10. The van der Waals surface area contributed by atoms with Crippen LogP contribution < -0.4 is 5.32 Å². The number of rotatable bonds is 2. The Morgan fingerprint density at radius 3 is 2.80 bits per heavy atom. The molecule has 0 bridgehead atoms. The van der Waals surface area contributed by atoms with Crippen molar-refractivity contribution in [3.63, 3.8) is 0 Å². The molecular weight excluding hydrogens is 193 g/mol. The molecule has 1 heterocycles. The van der Waals surface area contributed by atoms with E-state index >= 15 is 0 Å². The second kappa shape index (κ2) is 3.81.